The van der Waals surface area contributed by atoms with Crippen molar-refractivity contribution in [3.8, 4) is 0 Å². The van der Waals surface area contributed by atoms with E-state index in [1.54, 1.807) is 16.2 Å². The summed E-state index contributed by atoms with van der Waals surface area (Å²) in [5.41, 5.74) is 1.17. The maximum Gasteiger partial charge on any atom is 0.264 e. The van der Waals surface area contributed by atoms with Crippen molar-refractivity contribution in [3.05, 3.63) is 21.4 Å². The van der Waals surface area contributed by atoms with E-state index in [9.17, 15) is 9.90 Å². The zero-order chi connectivity index (χ0) is 11.7. The van der Waals surface area contributed by atoms with Crippen LogP contribution in [0, 0.1) is 13.8 Å². The average molecular weight is 239 g/mol. The molecule has 1 fully saturated rings. The molecule has 2 heterocycles. The fourth-order valence-corrected chi connectivity index (χ4v) is 2.98. The van der Waals surface area contributed by atoms with Crippen molar-refractivity contribution in [3.63, 3.8) is 0 Å². The van der Waals surface area contributed by atoms with Gasteiger partial charge >= 0.3 is 0 Å². The molecule has 1 aliphatic rings. The number of carbonyl (C=O) groups is 1. The van der Waals surface area contributed by atoms with Crippen LogP contribution in [0.15, 0.2) is 6.07 Å². The number of hydrogen-bond acceptors (Lipinski definition) is 3. The number of hydrogen-bond donors (Lipinski definition) is 1. The monoisotopic (exact) mass is 239 g/mol. The first-order chi connectivity index (χ1) is 7.58. The summed E-state index contributed by atoms with van der Waals surface area (Å²) in [4.78, 5) is 15.9. The normalized spacial score (nSPS) is 21.2. The number of thiophene rings is 1. The molecule has 0 radical (unpaired) electrons. The number of aliphatic hydroxyl groups is 1. The van der Waals surface area contributed by atoms with E-state index in [0.717, 1.165) is 24.3 Å². The van der Waals surface area contributed by atoms with Crippen molar-refractivity contribution in [2.45, 2.75) is 32.8 Å². The lowest BCUT2D eigenvalue weighted by Crippen LogP contribution is -2.41. The SMILES string of the molecule is Cc1cc(C(=O)N2CCC[C@H](O)C2)sc1C. The Hall–Kier alpha value is -0.870. The molecule has 0 bridgehead atoms. The number of nitrogens with zero attached hydrogens (tertiary/aromatic N) is 1. The quantitative estimate of drug-likeness (QED) is 0.814. The van der Waals surface area contributed by atoms with Crippen LogP contribution in [-0.2, 0) is 0 Å². The van der Waals surface area contributed by atoms with Gasteiger partial charge in [-0.05, 0) is 38.3 Å². The zero-order valence-corrected chi connectivity index (χ0v) is 10.5. The third-order valence-corrected chi connectivity index (χ3v) is 4.20. The van der Waals surface area contributed by atoms with Crippen molar-refractivity contribution < 1.29 is 9.90 Å². The van der Waals surface area contributed by atoms with Crippen LogP contribution in [0.2, 0.25) is 0 Å². The van der Waals surface area contributed by atoms with E-state index in [1.807, 2.05) is 19.9 Å². The Kier molecular flexibility index (Phi) is 3.30. The lowest BCUT2D eigenvalue weighted by atomic mass is 10.1. The van der Waals surface area contributed by atoms with E-state index in [4.69, 9.17) is 0 Å². The van der Waals surface area contributed by atoms with E-state index in [0.29, 0.717) is 6.54 Å². The summed E-state index contributed by atoms with van der Waals surface area (Å²) in [6.45, 7) is 5.30. The Morgan fingerprint density at radius 2 is 2.31 bits per heavy atom. The highest BCUT2D eigenvalue weighted by Gasteiger charge is 2.24. The molecule has 1 atom stereocenters. The first-order valence-corrected chi connectivity index (χ1v) is 6.44. The van der Waals surface area contributed by atoms with Crippen LogP contribution in [0.5, 0.6) is 0 Å². The van der Waals surface area contributed by atoms with Gasteiger partial charge in [-0.15, -0.1) is 11.3 Å². The van der Waals surface area contributed by atoms with E-state index >= 15 is 0 Å². The van der Waals surface area contributed by atoms with Crippen LogP contribution in [0.3, 0.4) is 0 Å². The van der Waals surface area contributed by atoms with Gasteiger partial charge in [0.15, 0.2) is 0 Å². The minimum Gasteiger partial charge on any atom is -0.391 e. The molecule has 0 aliphatic carbocycles. The summed E-state index contributed by atoms with van der Waals surface area (Å²) in [7, 11) is 0. The van der Waals surface area contributed by atoms with Gasteiger partial charge in [-0.1, -0.05) is 0 Å². The van der Waals surface area contributed by atoms with E-state index in [-0.39, 0.29) is 12.0 Å². The lowest BCUT2D eigenvalue weighted by molar-refractivity contribution is 0.0477. The summed E-state index contributed by atoms with van der Waals surface area (Å²) in [6, 6.07) is 1.95. The van der Waals surface area contributed by atoms with Gasteiger partial charge in [-0.3, -0.25) is 4.79 Å². The minimum absolute atomic E-state index is 0.0694. The Morgan fingerprint density at radius 1 is 1.56 bits per heavy atom. The number of piperidine rings is 1. The van der Waals surface area contributed by atoms with Crippen LogP contribution in [0.25, 0.3) is 0 Å². The minimum atomic E-state index is -0.347. The molecule has 0 spiro atoms. The number of β-amino-alcohol motifs (C(OH)–C–C–N with tert-alkyl or cyclic N) is 1. The van der Waals surface area contributed by atoms with Crippen LogP contribution in [-0.4, -0.2) is 35.1 Å². The third-order valence-electron chi connectivity index (χ3n) is 3.06. The van der Waals surface area contributed by atoms with Gasteiger partial charge in [0.1, 0.15) is 0 Å². The third kappa shape index (κ3) is 2.28. The molecule has 1 aliphatic heterocycles. The van der Waals surface area contributed by atoms with Gasteiger partial charge < -0.3 is 10.0 Å². The molecule has 1 N–H and O–H groups in total. The van der Waals surface area contributed by atoms with Gasteiger partial charge in [0.2, 0.25) is 0 Å². The predicted octanol–water partition coefficient (Wildman–Crippen LogP) is 1.96. The van der Waals surface area contributed by atoms with Crippen molar-refractivity contribution in [1.82, 2.24) is 4.90 Å². The molecule has 16 heavy (non-hydrogen) atoms. The molecule has 1 amide bonds. The van der Waals surface area contributed by atoms with Crippen LogP contribution >= 0.6 is 11.3 Å². The number of likely N-dealkylation sites (tertiary alicyclic amines) is 1. The highest BCUT2D eigenvalue weighted by atomic mass is 32.1. The van der Waals surface area contributed by atoms with Gasteiger partial charge in [0.25, 0.3) is 5.91 Å². The second kappa shape index (κ2) is 4.55. The molecule has 0 saturated carbocycles. The number of aliphatic hydroxyl groups excluding tert-OH is 1. The summed E-state index contributed by atoms with van der Waals surface area (Å²) in [5.74, 6) is 0.0694. The van der Waals surface area contributed by atoms with E-state index < -0.39 is 0 Å². The van der Waals surface area contributed by atoms with Crippen molar-refractivity contribution >= 4 is 17.2 Å². The molecule has 3 nitrogen and oxygen atoms in total. The number of carbonyl (C=O) groups excluding carboxylic acids is 1. The van der Waals surface area contributed by atoms with E-state index in [2.05, 4.69) is 0 Å². The molecule has 88 valence electrons. The van der Waals surface area contributed by atoms with Gasteiger partial charge in [-0.2, -0.15) is 0 Å². The Labute approximate surface area is 99.7 Å². The molecular formula is C12H17NO2S. The topological polar surface area (TPSA) is 40.5 Å². The van der Waals surface area contributed by atoms with Gasteiger partial charge in [-0.25, -0.2) is 0 Å². The van der Waals surface area contributed by atoms with Crippen LogP contribution in [0.4, 0.5) is 0 Å². The second-order valence-corrected chi connectivity index (χ2v) is 5.65. The first-order valence-electron chi connectivity index (χ1n) is 5.62. The maximum absolute atomic E-state index is 12.1. The van der Waals surface area contributed by atoms with Crippen molar-refractivity contribution in [2.75, 3.05) is 13.1 Å². The predicted molar refractivity (Wildman–Crippen MR) is 64.9 cm³/mol. The number of rotatable bonds is 1. The molecule has 1 saturated heterocycles. The highest BCUT2D eigenvalue weighted by molar-refractivity contribution is 7.14. The van der Waals surface area contributed by atoms with Gasteiger partial charge in [0, 0.05) is 18.0 Å². The summed E-state index contributed by atoms with van der Waals surface area (Å²) < 4.78 is 0. The van der Waals surface area contributed by atoms with E-state index in [1.165, 1.54) is 10.4 Å². The summed E-state index contributed by atoms with van der Waals surface area (Å²) in [5, 5.41) is 9.54. The Bertz CT molecular complexity index is 380. The first kappa shape index (κ1) is 11.6. The Morgan fingerprint density at radius 3 is 2.88 bits per heavy atom. The number of amides is 1. The molecule has 0 aromatic carbocycles. The second-order valence-electron chi connectivity index (χ2n) is 4.40. The zero-order valence-electron chi connectivity index (χ0n) is 9.69. The molecule has 2 rings (SSSR count). The summed E-state index contributed by atoms with van der Waals surface area (Å²) >= 11 is 1.54. The van der Waals surface area contributed by atoms with Crippen LogP contribution < -0.4 is 0 Å². The molecular weight excluding hydrogens is 222 g/mol. The molecule has 1 aromatic rings. The standard InChI is InChI=1S/C12H17NO2S/c1-8-6-11(16-9(8)2)12(15)13-5-3-4-10(14)7-13/h6,10,14H,3-5,7H2,1-2H3/t10-/m0/s1. The highest BCUT2D eigenvalue weighted by Crippen LogP contribution is 2.23. The molecule has 1 aromatic heterocycles. The Balaban J connectivity index is 2.12. The number of aryl methyl sites for hydroxylation is 2. The fourth-order valence-electron chi connectivity index (χ4n) is 1.97. The van der Waals surface area contributed by atoms with Crippen LogP contribution in [0.1, 0.15) is 33.0 Å². The lowest BCUT2D eigenvalue weighted by Gasteiger charge is -2.29. The fraction of sp³-hybridized carbons (Fsp3) is 0.583. The van der Waals surface area contributed by atoms with Crippen molar-refractivity contribution in [2.24, 2.45) is 0 Å². The maximum atomic E-state index is 12.1. The smallest absolute Gasteiger partial charge is 0.264 e. The van der Waals surface area contributed by atoms with Gasteiger partial charge in [0.05, 0.1) is 11.0 Å². The average Bonchev–Trinajstić information content (AvgIpc) is 2.58. The molecule has 0 unspecified atom stereocenters. The molecule has 4 heteroatoms. The van der Waals surface area contributed by atoms with Crippen molar-refractivity contribution in [1.29, 1.82) is 0 Å². The summed E-state index contributed by atoms with van der Waals surface area (Å²) in [6.07, 6.45) is 1.36. The largest absolute Gasteiger partial charge is 0.391 e.